The van der Waals surface area contributed by atoms with Crippen molar-refractivity contribution in [3.8, 4) is 0 Å². The summed E-state index contributed by atoms with van der Waals surface area (Å²) in [6.45, 7) is 7.96. The van der Waals surface area contributed by atoms with Gasteiger partial charge in [0.05, 0.1) is 0 Å². The molecule has 0 saturated heterocycles. The molecule has 0 heterocycles. The first-order valence-electron chi connectivity index (χ1n) is 3.35. The van der Waals surface area contributed by atoms with Crippen LogP contribution in [0.25, 0.3) is 0 Å². The predicted octanol–water partition coefficient (Wildman–Crippen LogP) is -0.107. The molecule has 0 fully saturated rings. The van der Waals surface area contributed by atoms with Crippen LogP contribution in [0.4, 0.5) is 0 Å². The van der Waals surface area contributed by atoms with Crippen LogP contribution >= 0.6 is 0 Å². The molecule has 0 rings (SSSR count). The van der Waals surface area contributed by atoms with Crippen LogP contribution in [0.3, 0.4) is 0 Å². The molecule has 3 nitrogen and oxygen atoms in total. The van der Waals surface area contributed by atoms with Gasteiger partial charge in [-0.1, -0.05) is 20.8 Å². The van der Waals surface area contributed by atoms with Crippen molar-refractivity contribution in [2.45, 2.75) is 20.8 Å². The zero-order valence-corrected chi connectivity index (χ0v) is 10.3. The van der Waals surface area contributed by atoms with Crippen LogP contribution < -0.4 is 17.2 Å². The molecule has 0 saturated carbocycles. The van der Waals surface area contributed by atoms with Crippen LogP contribution in [-0.4, -0.2) is 19.6 Å². The first-order valence-corrected chi connectivity index (χ1v) is 3.35. The summed E-state index contributed by atoms with van der Waals surface area (Å²) in [6.07, 6.45) is 0. The molecule has 0 aliphatic heterocycles. The van der Waals surface area contributed by atoms with Crippen LogP contribution in [0.2, 0.25) is 0 Å². The fraction of sp³-hybridized carbons (Fsp3) is 1.00. The Morgan fingerprint density at radius 3 is 0.700 bits per heavy atom. The van der Waals surface area contributed by atoms with Gasteiger partial charge in [0.1, 0.15) is 0 Å². The zero-order valence-electron chi connectivity index (χ0n) is 7.43. The van der Waals surface area contributed by atoms with Gasteiger partial charge in [0.25, 0.3) is 0 Å². The van der Waals surface area contributed by atoms with E-state index in [0.29, 0.717) is 0 Å². The van der Waals surface area contributed by atoms with Gasteiger partial charge in [-0.3, -0.25) is 0 Å². The van der Waals surface area contributed by atoms with Crippen LogP contribution in [0.1, 0.15) is 20.8 Å². The molecule has 1 radical (unpaired) electrons. The summed E-state index contributed by atoms with van der Waals surface area (Å²) < 4.78 is 0. The predicted molar refractivity (Wildman–Crippen MR) is 44.2 cm³/mol. The minimum atomic E-state index is 0. The van der Waals surface area contributed by atoms with Crippen molar-refractivity contribution in [2.24, 2.45) is 17.2 Å². The first kappa shape index (κ1) is 22.4. The molecule has 6 N–H and O–H groups in total. The van der Waals surface area contributed by atoms with Crippen molar-refractivity contribution in [1.82, 2.24) is 0 Å². The minimum Gasteiger partial charge on any atom is -0.331 e. The van der Waals surface area contributed by atoms with Crippen molar-refractivity contribution in [3.05, 3.63) is 0 Å². The van der Waals surface area contributed by atoms with E-state index in [9.17, 15) is 0 Å². The Labute approximate surface area is 90.0 Å². The second kappa shape index (κ2) is 50.8. The van der Waals surface area contributed by atoms with Gasteiger partial charge in [0.15, 0.2) is 0 Å². The molecule has 0 aromatic rings. The number of hydrogen-bond acceptors (Lipinski definition) is 3. The summed E-state index contributed by atoms with van der Waals surface area (Å²) in [5, 5.41) is 0. The maximum Gasteiger partial charge on any atom is 0 e. The van der Waals surface area contributed by atoms with Crippen molar-refractivity contribution in [2.75, 3.05) is 19.6 Å². The Morgan fingerprint density at radius 1 is 0.700 bits per heavy atom. The van der Waals surface area contributed by atoms with E-state index in [1.165, 1.54) is 0 Å². The Hall–Kier alpha value is 0.984. The van der Waals surface area contributed by atoms with Crippen LogP contribution in [0.15, 0.2) is 0 Å². The van der Waals surface area contributed by atoms with E-state index in [-0.39, 0.29) is 32.7 Å². The third-order valence-corrected chi connectivity index (χ3v) is 0. The standard InChI is InChI=1S/3C2H7N.Y/c3*1-2-3;/h3*2-3H2,1H3;. The molecule has 0 aromatic heterocycles. The third-order valence-electron chi connectivity index (χ3n) is 0. The van der Waals surface area contributed by atoms with Gasteiger partial charge < -0.3 is 17.2 Å². The van der Waals surface area contributed by atoms with E-state index >= 15 is 0 Å². The molecule has 10 heavy (non-hydrogen) atoms. The van der Waals surface area contributed by atoms with E-state index < -0.39 is 0 Å². The van der Waals surface area contributed by atoms with Gasteiger partial charge in [-0.15, -0.1) is 0 Å². The Balaban J connectivity index is -0.0000000257. The van der Waals surface area contributed by atoms with E-state index in [2.05, 4.69) is 0 Å². The zero-order chi connectivity index (χ0) is 8.12. The molecular weight excluding hydrogens is 203 g/mol. The Bertz CT molecular complexity index is 17.7. The van der Waals surface area contributed by atoms with Crippen molar-refractivity contribution in [1.29, 1.82) is 0 Å². The van der Waals surface area contributed by atoms with Crippen molar-refractivity contribution >= 4 is 0 Å². The van der Waals surface area contributed by atoms with Gasteiger partial charge in [-0.25, -0.2) is 0 Å². The van der Waals surface area contributed by atoms with Gasteiger partial charge in [0.2, 0.25) is 0 Å². The second-order valence-corrected chi connectivity index (χ2v) is 1.22. The summed E-state index contributed by atoms with van der Waals surface area (Å²) >= 11 is 0. The normalized spacial score (nSPS) is 5.40. The molecule has 63 valence electrons. The monoisotopic (exact) mass is 224 g/mol. The van der Waals surface area contributed by atoms with Crippen LogP contribution in [0, 0.1) is 0 Å². The fourth-order valence-electron chi connectivity index (χ4n) is 0. The van der Waals surface area contributed by atoms with Gasteiger partial charge in [-0.2, -0.15) is 0 Å². The van der Waals surface area contributed by atoms with E-state index in [1.807, 2.05) is 20.8 Å². The van der Waals surface area contributed by atoms with Gasteiger partial charge in [0, 0.05) is 32.7 Å². The fourth-order valence-corrected chi connectivity index (χ4v) is 0. The average molecular weight is 224 g/mol. The molecule has 0 aromatic carbocycles. The van der Waals surface area contributed by atoms with Crippen molar-refractivity contribution in [3.63, 3.8) is 0 Å². The van der Waals surface area contributed by atoms with Crippen molar-refractivity contribution < 1.29 is 32.7 Å². The molecule has 0 amide bonds. The third kappa shape index (κ3) is 592. The summed E-state index contributed by atoms with van der Waals surface area (Å²) in [6, 6.07) is 0. The largest absolute Gasteiger partial charge is 0.331 e. The molecule has 0 atom stereocenters. The summed E-state index contributed by atoms with van der Waals surface area (Å²) in [4.78, 5) is 0. The minimum absolute atomic E-state index is 0. The summed E-state index contributed by atoms with van der Waals surface area (Å²) in [5.74, 6) is 0. The SMILES string of the molecule is CCN.CCN.CCN.[Y]. The van der Waals surface area contributed by atoms with Gasteiger partial charge in [-0.05, 0) is 19.6 Å². The molecule has 0 aliphatic rings. The smallest absolute Gasteiger partial charge is 0 e. The number of rotatable bonds is 0. The molecule has 0 spiro atoms. The van der Waals surface area contributed by atoms with E-state index in [4.69, 9.17) is 17.2 Å². The maximum atomic E-state index is 4.85. The molecule has 0 bridgehead atoms. The number of hydrogen-bond donors (Lipinski definition) is 3. The van der Waals surface area contributed by atoms with Gasteiger partial charge >= 0.3 is 0 Å². The first-order chi connectivity index (χ1) is 4.24. The second-order valence-electron chi connectivity index (χ2n) is 1.22. The maximum absolute atomic E-state index is 4.85. The Morgan fingerprint density at radius 2 is 0.700 bits per heavy atom. The molecule has 0 aliphatic carbocycles. The molecule has 4 heteroatoms. The average Bonchev–Trinajstić information content (AvgIpc) is 1.70. The van der Waals surface area contributed by atoms with E-state index in [1.54, 1.807) is 0 Å². The molecular formula is C6H21N3Y. The topological polar surface area (TPSA) is 78.1 Å². The summed E-state index contributed by atoms with van der Waals surface area (Å²) in [5.41, 5.74) is 14.5. The molecule has 0 unspecified atom stereocenters. The quantitative estimate of drug-likeness (QED) is 0.537. The summed E-state index contributed by atoms with van der Waals surface area (Å²) in [7, 11) is 0. The van der Waals surface area contributed by atoms with Crippen LogP contribution in [0.5, 0.6) is 0 Å². The van der Waals surface area contributed by atoms with Crippen LogP contribution in [-0.2, 0) is 32.7 Å². The Kier molecular flexibility index (Phi) is 114. The number of nitrogens with two attached hydrogens (primary N) is 3. The van der Waals surface area contributed by atoms with E-state index in [0.717, 1.165) is 19.6 Å².